The molecule has 0 amide bonds. The van der Waals surface area contributed by atoms with Gasteiger partial charge in [0.2, 0.25) is 6.43 Å². The van der Waals surface area contributed by atoms with E-state index in [2.05, 4.69) is 0 Å². The van der Waals surface area contributed by atoms with Crippen LogP contribution in [0.15, 0.2) is 24.3 Å². The molecule has 0 saturated carbocycles. The Morgan fingerprint density at radius 3 is 2.54 bits per heavy atom. The predicted molar refractivity (Wildman–Crippen MR) is 47.3 cm³/mol. The second-order valence-corrected chi connectivity index (χ2v) is 3.11. The maximum atomic E-state index is 12.3. The summed E-state index contributed by atoms with van der Waals surface area (Å²) in [4.78, 5) is 0. The van der Waals surface area contributed by atoms with Crippen molar-refractivity contribution in [3.8, 4) is 0 Å². The molecule has 0 bridgehead atoms. The van der Waals surface area contributed by atoms with E-state index in [-0.39, 0.29) is 0 Å². The molecule has 72 valence electrons. The number of hydrogen-bond acceptors (Lipinski definition) is 1. The number of halogens is 3. The van der Waals surface area contributed by atoms with Gasteiger partial charge in [-0.2, -0.15) is 0 Å². The van der Waals surface area contributed by atoms with E-state index in [9.17, 15) is 8.78 Å². The lowest BCUT2D eigenvalue weighted by Crippen LogP contribution is -2.13. The van der Waals surface area contributed by atoms with Crippen molar-refractivity contribution in [3.05, 3.63) is 34.9 Å². The molecule has 0 aliphatic rings. The molecule has 0 spiro atoms. The normalized spacial score (nSPS) is 13.3. The van der Waals surface area contributed by atoms with Gasteiger partial charge < -0.3 is 5.11 Å². The molecule has 13 heavy (non-hydrogen) atoms. The molecule has 1 rings (SSSR count). The topological polar surface area (TPSA) is 20.2 Å². The van der Waals surface area contributed by atoms with E-state index in [4.69, 9.17) is 16.7 Å². The van der Waals surface area contributed by atoms with E-state index in [1.54, 1.807) is 12.1 Å². The van der Waals surface area contributed by atoms with Gasteiger partial charge in [-0.25, -0.2) is 8.78 Å². The summed E-state index contributed by atoms with van der Waals surface area (Å²) < 4.78 is 24.6. The molecule has 0 radical (unpaired) electrons. The molecule has 1 N–H and O–H groups in total. The summed E-state index contributed by atoms with van der Waals surface area (Å²) in [6, 6.07) is 6.15. The van der Waals surface area contributed by atoms with Gasteiger partial charge in [-0.15, -0.1) is 0 Å². The first-order chi connectivity index (χ1) is 6.15. The first-order valence-electron chi connectivity index (χ1n) is 3.79. The van der Waals surface area contributed by atoms with Gasteiger partial charge in [0.1, 0.15) is 0 Å². The summed E-state index contributed by atoms with van der Waals surface area (Å²) in [5, 5.41) is 9.12. The van der Waals surface area contributed by atoms with Crippen LogP contribution in [0.4, 0.5) is 8.78 Å². The van der Waals surface area contributed by atoms with Crippen molar-refractivity contribution < 1.29 is 13.9 Å². The minimum Gasteiger partial charge on any atom is -0.396 e. The molecule has 1 atom stereocenters. The van der Waals surface area contributed by atoms with Crippen molar-refractivity contribution in [2.45, 2.75) is 12.3 Å². The highest BCUT2D eigenvalue weighted by Gasteiger charge is 2.21. The van der Waals surface area contributed by atoms with E-state index in [0.29, 0.717) is 10.6 Å². The van der Waals surface area contributed by atoms with Gasteiger partial charge in [0.25, 0.3) is 0 Å². The number of rotatable bonds is 3. The fraction of sp³-hybridized carbons (Fsp3) is 0.333. The average molecular weight is 207 g/mol. The van der Waals surface area contributed by atoms with Crippen molar-refractivity contribution in [2.24, 2.45) is 0 Å². The number of hydrogen-bond donors (Lipinski definition) is 1. The summed E-state index contributed by atoms with van der Waals surface area (Å²) in [6.07, 6.45) is -2.57. The van der Waals surface area contributed by atoms with E-state index >= 15 is 0 Å². The van der Waals surface area contributed by atoms with Gasteiger partial charge in [0.05, 0.1) is 12.5 Å². The lowest BCUT2D eigenvalue weighted by molar-refractivity contribution is 0.0811. The summed E-state index contributed by atoms with van der Waals surface area (Å²) in [6.45, 7) is -0.571. The van der Waals surface area contributed by atoms with Crippen LogP contribution in [0, 0.1) is 0 Å². The number of alkyl halides is 2. The Balaban J connectivity index is 2.91. The zero-order valence-electron chi connectivity index (χ0n) is 6.75. The third kappa shape index (κ3) is 2.64. The highest BCUT2D eigenvalue weighted by Crippen LogP contribution is 2.24. The summed E-state index contributed by atoms with van der Waals surface area (Å²) in [5.41, 5.74) is 0.366. The molecule has 4 heteroatoms. The third-order valence-electron chi connectivity index (χ3n) is 1.78. The minimum absolute atomic E-state index is 0.366. The van der Waals surface area contributed by atoms with E-state index in [0.717, 1.165) is 0 Å². The smallest absolute Gasteiger partial charge is 0.247 e. The molecule has 0 saturated heterocycles. The second kappa shape index (κ2) is 4.53. The second-order valence-electron chi connectivity index (χ2n) is 2.68. The molecule has 0 aliphatic heterocycles. The molecule has 1 aromatic rings. The van der Waals surface area contributed by atoms with Crippen LogP contribution < -0.4 is 0 Å². The van der Waals surface area contributed by atoms with Crippen molar-refractivity contribution in [1.29, 1.82) is 0 Å². The molecule has 1 unspecified atom stereocenters. The Kier molecular flexibility index (Phi) is 3.63. The SMILES string of the molecule is OCC(c1cccc(Cl)c1)C(F)F. The Morgan fingerprint density at radius 1 is 1.38 bits per heavy atom. The van der Waals surface area contributed by atoms with Crippen LogP contribution in [-0.2, 0) is 0 Å². The van der Waals surface area contributed by atoms with E-state index < -0.39 is 19.0 Å². The van der Waals surface area contributed by atoms with E-state index in [1.807, 2.05) is 0 Å². The first-order valence-corrected chi connectivity index (χ1v) is 4.17. The highest BCUT2D eigenvalue weighted by atomic mass is 35.5. The monoisotopic (exact) mass is 206 g/mol. The minimum atomic E-state index is -2.57. The Hall–Kier alpha value is -0.670. The van der Waals surface area contributed by atoms with Gasteiger partial charge in [-0.05, 0) is 17.7 Å². The number of benzene rings is 1. The van der Waals surface area contributed by atoms with Gasteiger partial charge >= 0.3 is 0 Å². The number of aliphatic hydroxyl groups is 1. The van der Waals surface area contributed by atoms with Crippen LogP contribution >= 0.6 is 11.6 Å². The third-order valence-corrected chi connectivity index (χ3v) is 2.01. The standard InChI is InChI=1S/C9H9ClF2O/c10-7-3-1-2-6(4-7)8(5-13)9(11)12/h1-4,8-9,13H,5H2. The predicted octanol–water partition coefficient (Wildman–Crippen LogP) is 2.68. The quantitative estimate of drug-likeness (QED) is 0.806. The summed E-state index contributed by atoms with van der Waals surface area (Å²) in [7, 11) is 0. The van der Waals surface area contributed by atoms with Crippen LogP contribution in [0.2, 0.25) is 5.02 Å². The molecule has 0 heterocycles. The first kappa shape index (κ1) is 10.4. The average Bonchev–Trinajstić information content (AvgIpc) is 2.04. The van der Waals surface area contributed by atoms with Crippen LogP contribution in [0.1, 0.15) is 11.5 Å². The zero-order valence-corrected chi connectivity index (χ0v) is 7.51. The Morgan fingerprint density at radius 2 is 2.08 bits per heavy atom. The van der Waals surface area contributed by atoms with Gasteiger partial charge in [-0.1, -0.05) is 23.7 Å². The van der Waals surface area contributed by atoms with Gasteiger partial charge in [0.15, 0.2) is 0 Å². The number of aliphatic hydroxyl groups excluding tert-OH is 1. The van der Waals surface area contributed by atoms with Gasteiger partial charge in [-0.3, -0.25) is 0 Å². The Labute approximate surface area is 80.0 Å². The van der Waals surface area contributed by atoms with Crippen molar-refractivity contribution in [2.75, 3.05) is 6.61 Å². The highest BCUT2D eigenvalue weighted by molar-refractivity contribution is 6.30. The summed E-state index contributed by atoms with van der Waals surface area (Å²) in [5.74, 6) is -1.14. The molecule has 1 aromatic carbocycles. The molecule has 0 aliphatic carbocycles. The maximum absolute atomic E-state index is 12.3. The van der Waals surface area contributed by atoms with E-state index in [1.165, 1.54) is 12.1 Å². The van der Waals surface area contributed by atoms with Crippen LogP contribution in [-0.4, -0.2) is 18.1 Å². The fourth-order valence-electron chi connectivity index (χ4n) is 1.07. The lowest BCUT2D eigenvalue weighted by atomic mass is 10.0. The largest absolute Gasteiger partial charge is 0.396 e. The summed E-state index contributed by atoms with van der Waals surface area (Å²) >= 11 is 5.62. The molecule has 0 fully saturated rings. The van der Waals surface area contributed by atoms with Crippen molar-refractivity contribution >= 4 is 11.6 Å². The van der Waals surface area contributed by atoms with Crippen molar-refractivity contribution in [3.63, 3.8) is 0 Å². The van der Waals surface area contributed by atoms with Crippen LogP contribution in [0.25, 0.3) is 0 Å². The fourth-order valence-corrected chi connectivity index (χ4v) is 1.27. The molecular weight excluding hydrogens is 198 g/mol. The molecular formula is C9H9ClF2O. The van der Waals surface area contributed by atoms with Crippen molar-refractivity contribution in [1.82, 2.24) is 0 Å². The lowest BCUT2D eigenvalue weighted by Gasteiger charge is -2.13. The van der Waals surface area contributed by atoms with Crippen LogP contribution in [0.5, 0.6) is 0 Å². The maximum Gasteiger partial charge on any atom is 0.247 e. The molecule has 0 aromatic heterocycles. The van der Waals surface area contributed by atoms with Gasteiger partial charge in [0, 0.05) is 5.02 Å². The Bertz CT molecular complexity index is 278. The van der Waals surface area contributed by atoms with Crippen LogP contribution in [0.3, 0.4) is 0 Å². The molecule has 1 nitrogen and oxygen atoms in total. The zero-order chi connectivity index (χ0) is 9.84.